The van der Waals surface area contributed by atoms with Crippen molar-refractivity contribution in [3.05, 3.63) is 77.4 Å². The van der Waals surface area contributed by atoms with E-state index in [4.69, 9.17) is 9.47 Å². The molecule has 0 saturated carbocycles. The van der Waals surface area contributed by atoms with Gasteiger partial charge in [0.25, 0.3) is 5.91 Å². The molecule has 7 nitrogen and oxygen atoms in total. The number of rotatable bonds is 7. The summed E-state index contributed by atoms with van der Waals surface area (Å²) >= 11 is 0. The lowest BCUT2D eigenvalue weighted by Crippen LogP contribution is -2.32. The molecule has 2 N–H and O–H groups in total. The van der Waals surface area contributed by atoms with E-state index in [0.29, 0.717) is 29.0 Å². The van der Waals surface area contributed by atoms with Crippen molar-refractivity contribution in [2.45, 2.75) is 33.3 Å². The minimum Gasteiger partial charge on any atom is -0.497 e. The fraction of sp³-hybridized carbons (Fsp3) is 0.222. The molecule has 4 rings (SSSR count). The van der Waals surface area contributed by atoms with E-state index in [9.17, 15) is 9.59 Å². The van der Waals surface area contributed by atoms with Crippen LogP contribution in [0.1, 0.15) is 34.8 Å². The quantitative estimate of drug-likeness (QED) is 0.361. The number of nitrogens with one attached hydrogen (secondary N) is 2. The standard InChI is InChI=1S/C27H27N3O4/c1-5-24(26(31)30-21-8-6-7-16(2)17(21)3)34-27(32)19-11-14-22-23(15-19)29-25(28-22)18-9-12-20(33-4)13-10-18/h6-15,24H,5H2,1-4H3,(H,28,29)(H,30,31). The van der Waals surface area contributed by atoms with Gasteiger partial charge >= 0.3 is 5.97 Å². The zero-order valence-electron chi connectivity index (χ0n) is 19.6. The molecule has 0 aliphatic rings. The molecule has 0 saturated heterocycles. The lowest BCUT2D eigenvalue weighted by atomic mass is 10.1. The van der Waals surface area contributed by atoms with E-state index in [1.165, 1.54) is 0 Å². The SMILES string of the molecule is CCC(OC(=O)c1ccc2nc(-c3ccc(OC)cc3)[nH]c2c1)C(=O)Nc1cccc(C)c1C. The summed E-state index contributed by atoms with van der Waals surface area (Å²) < 4.78 is 10.8. The van der Waals surface area contributed by atoms with Gasteiger partial charge in [0.05, 0.1) is 23.7 Å². The number of esters is 1. The number of methoxy groups -OCH3 is 1. The molecule has 0 bridgehead atoms. The molecule has 1 heterocycles. The number of H-pyrrole nitrogens is 1. The summed E-state index contributed by atoms with van der Waals surface area (Å²) in [5.74, 6) is 0.527. The number of anilines is 1. The number of carbonyl (C=O) groups excluding carboxylic acids is 2. The molecule has 0 radical (unpaired) electrons. The molecule has 1 aromatic heterocycles. The van der Waals surface area contributed by atoms with Crippen LogP contribution in [0.5, 0.6) is 5.75 Å². The second kappa shape index (κ2) is 9.79. The zero-order valence-corrected chi connectivity index (χ0v) is 19.6. The minimum atomic E-state index is -0.903. The largest absolute Gasteiger partial charge is 0.497 e. The van der Waals surface area contributed by atoms with Crippen molar-refractivity contribution < 1.29 is 19.1 Å². The van der Waals surface area contributed by atoms with Crippen molar-refractivity contribution >= 4 is 28.6 Å². The maximum atomic E-state index is 12.8. The van der Waals surface area contributed by atoms with E-state index in [-0.39, 0.29) is 5.91 Å². The molecule has 0 fully saturated rings. The van der Waals surface area contributed by atoms with Gasteiger partial charge in [-0.25, -0.2) is 9.78 Å². The van der Waals surface area contributed by atoms with Gasteiger partial charge in [0.15, 0.2) is 6.10 Å². The number of ether oxygens (including phenoxy) is 2. The van der Waals surface area contributed by atoms with Crippen molar-refractivity contribution in [2.75, 3.05) is 12.4 Å². The van der Waals surface area contributed by atoms with Crippen LogP contribution in [-0.2, 0) is 9.53 Å². The first kappa shape index (κ1) is 23.0. The highest BCUT2D eigenvalue weighted by Crippen LogP contribution is 2.24. The number of aryl methyl sites for hydroxylation is 1. The number of aromatic nitrogens is 2. The van der Waals surface area contributed by atoms with Crippen LogP contribution in [0.25, 0.3) is 22.4 Å². The van der Waals surface area contributed by atoms with Crippen LogP contribution < -0.4 is 10.1 Å². The molecular weight excluding hydrogens is 430 g/mol. The molecule has 174 valence electrons. The first-order valence-electron chi connectivity index (χ1n) is 11.1. The fourth-order valence-electron chi connectivity index (χ4n) is 3.64. The van der Waals surface area contributed by atoms with Gasteiger partial charge in [-0.1, -0.05) is 19.1 Å². The van der Waals surface area contributed by atoms with Crippen molar-refractivity contribution in [1.29, 1.82) is 0 Å². The van der Waals surface area contributed by atoms with Crippen LogP contribution in [0.2, 0.25) is 0 Å². The molecule has 0 aliphatic carbocycles. The van der Waals surface area contributed by atoms with E-state index in [0.717, 1.165) is 28.0 Å². The number of hydrogen-bond donors (Lipinski definition) is 2. The Balaban J connectivity index is 1.49. The Morgan fingerprint density at radius 2 is 1.82 bits per heavy atom. The van der Waals surface area contributed by atoms with E-state index >= 15 is 0 Å². The van der Waals surface area contributed by atoms with E-state index in [1.54, 1.807) is 32.2 Å². The first-order chi connectivity index (χ1) is 16.4. The second-order valence-electron chi connectivity index (χ2n) is 8.08. The normalized spacial score (nSPS) is 11.8. The number of imidazole rings is 1. The average Bonchev–Trinajstić information content (AvgIpc) is 3.28. The highest BCUT2D eigenvalue weighted by Gasteiger charge is 2.23. The summed E-state index contributed by atoms with van der Waals surface area (Å²) in [6, 6.07) is 18.3. The van der Waals surface area contributed by atoms with Crippen LogP contribution in [0.3, 0.4) is 0 Å². The third-order valence-corrected chi connectivity index (χ3v) is 5.86. The first-order valence-corrected chi connectivity index (χ1v) is 11.1. The maximum absolute atomic E-state index is 12.8. The number of amides is 1. The molecular formula is C27H27N3O4. The third-order valence-electron chi connectivity index (χ3n) is 5.86. The van der Waals surface area contributed by atoms with Crippen molar-refractivity contribution in [3.63, 3.8) is 0 Å². The summed E-state index contributed by atoms with van der Waals surface area (Å²) in [6.45, 7) is 5.73. The van der Waals surface area contributed by atoms with Crippen LogP contribution >= 0.6 is 0 Å². The molecule has 1 amide bonds. The molecule has 1 atom stereocenters. The van der Waals surface area contributed by atoms with Gasteiger partial charge in [0.1, 0.15) is 11.6 Å². The number of carbonyl (C=O) groups is 2. The molecule has 1 unspecified atom stereocenters. The van der Waals surface area contributed by atoms with Gasteiger partial charge in [0, 0.05) is 11.3 Å². The van der Waals surface area contributed by atoms with Gasteiger partial charge in [0.2, 0.25) is 0 Å². The summed E-state index contributed by atoms with van der Waals surface area (Å²) in [6.07, 6.45) is -0.546. The third kappa shape index (κ3) is 4.78. The Hall–Kier alpha value is -4.13. The highest BCUT2D eigenvalue weighted by atomic mass is 16.5. The number of nitrogens with zero attached hydrogens (tertiary/aromatic N) is 1. The van der Waals surface area contributed by atoms with Crippen LogP contribution in [-0.4, -0.2) is 35.1 Å². The van der Waals surface area contributed by atoms with Crippen molar-refractivity contribution in [1.82, 2.24) is 9.97 Å². The number of hydrogen-bond acceptors (Lipinski definition) is 5. The fourth-order valence-corrected chi connectivity index (χ4v) is 3.64. The Labute approximate surface area is 198 Å². The van der Waals surface area contributed by atoms with Gasteiger partial charge in [-0.2, -0.15) is 0 Å². The van der Waals surface area contributed by atoms with Gasteiger partial charge in [-0.15, -0.1) is 0 Å². The smallest absolute Gasteiger partial charge is 0.338 e. The maximum Gasteiger partial charge on any atom is 0.338 e. The van der Waals surface area contributed by atoms with E-state index in [2.05, 4.69) is 15.3 Å². The predicted molar refractivity (Wildman–Crippen MR) is 132 cm³/mol. The summed E-state index contributed by atoms with van der Waals surface area (Å²) in [4.78, 5) is 33.4. The molecule has 0 aliphatic heterocycles. The highest BCUT2D eigenvalue weighted by molar-refractivity contribution is 5.99. The Morgan fingerprint density at radius 3 is 2.53 bits per heavy atom. The molecule has 34 heavy (non-hydrogen) atoms. The molecule has 7 heteroatoms. The van der Waals surface area contributed by atoms with Gasteiger partial charge in [-0.05, 0) is 79.9 Å². The van der Waals surface area contributed by atoms with Crippen LogP contribution in [0.4, 0.5) is 5.69 Å². The Morgan fingerprint density at radius 1 is 1.06 bits per heavy atom. The number of fused-ring (bicyclic) bond motifs is 1. The Bertz CT molecular complexity index is 1340. The molecule has 4 aromatic rings. The van der Waals surface area contributed by atoms with E-state index < -0.39 is 12.1 Å². The zero-order chi connectivity index (χ0) is 24.2. The average molecular weight is 458 g/mol. The second-order valence-corrected chi connectivity index (χ2v) is 8.08. The monoisotopic (exact) mass is 457 g/mol. The van der Waals surface area contributed by atoms with Crippen molar-refractivity contribution in [2.24, 2.45) is 0 Å². The van der Waals surface area contributed by atoms with Gasteiger partial charge < -0.3 is 19.8 Å². The predicted octanol–water partition coefficient (Wildman–Crippen LogP) is 5.43. The lowest BCUT2D eigenvalue weighted by molar-refractivity contribution is -0.124. The minimum absolute atomic E-state index is 0.343. The van der Waals surface area contributed by atoms with Crippen LogP contribution in [0, 0.1) is 13.8 Å². The van der Waals surface area contributed by atoms with Crippen molar-refractivity contribution in [3.8, 4) is 17.1 Å². The molecule has 0 spiro atoms. The van der Waals surface area contributed by atoms with E-state index in [1.807, 2.05) is 56.3 Å². The topological polar surface area (TPSA) is 93.3 Å². The number of aromatic amines is 1. The van der Waals surface area contributed by atoms with Crippen LogP contribution in [0.15, 0.2) is 60.7 Å². The summed E-state index contributed by atoms with van der Waals surface area (Å²) in [7, 11) is 1.62. The lowest BCUT2D eigenvalue weighted by Gasteiger charge is -2.17. The number of benzene rings is 3. The van der Waals surface area contributed by atoms with Gasteiger partial charge in [-0.3, -0.25) is 4.79 Å². The molecule has 3 aromatic carbocycles. The summed E-state index contributed by atoms with van der Waals surface area (Å²) in [5.41, 5.74) is 5.43. The summed E-state index contributed by atoms with van der Waals surface area (Å²) in [5, 5.41) is 2.88. The Kier molecular flexibility index (Phi) is 6.63.